The zero-order valence-corrected chi connectivity index (χ0v) is 28.4. The van der Waals surface area contributed by atoms with Crippen molar-refractivity contribution < 1.29 is 0 Å². The summed E-state index contributed by atoms with van der Waals surface area (Å²) in [5, 5.41) is 7.78. The Morgan fingerprint density at radius 2 is 0.784 bits per heavy atom. The molecule has 3 heteroatoms. The van der Waals surface area contributed by atoms with E-state index in [1.165, 1.54) is 60.1 Å². The summed E-state index contributed by atoms with van der Waals surface area (Å²) >= 11 is 0. The van der Waals surface area contributed by atoms with Crippen LogP contribution >= 0.6 is 0 Å². The van der Waals surface area contributed by atoms with Crippen molar-refractivity contribution >= 4 is 32.3 Å². The Labute approximate surface area is 297 Å². The highest BCUT2D eigenvalue weighted by Crippen LogP contribution is 2.57. The van der Waals surface area contributed by atoms with E-state index < -0.39 is 0 Å². The van der Waals surface area contributed by atoms with Gasteiger partial charge in [-0.25, -0.2) is 15.0 Å². The summed E-state index contributed by atoms with van der Waals surface area (Å²) in [6.07, 6.45) is 0. The number of rotatable bonds is 4. The first-order valence-electron chi connectivity index (χ1n) is 17.5. The van der Waals surface area contributed by atoms with Crippen LogP contribution in [0.25, 0.3) is 88.7 Å². The van der Waals surface area contributed by atoms with Gasteiger partial charge in [0, 0.05) is 22.1 Å². The molecule has 0 atom stereocenters. The molecule has 1 heterocycles. The molecular weight excluding hydrogens is 619 g/mol. The van der Waals surface area contributed by atoms with Gasteiger partial charge in [-0.05, 0) is 77.8 Å². The van der Waals surface area contributed by atoms with E-state index in [-0.39, 0.29) is 5.41 Å². The van der Waals surface area contributed by atoms with Crippen LogP contribution in [0.1, 0.15) is 25.0 Å². The normalized spacial score (nSPS) is 13.1. The van der Waals surface area contributed by atoms with Crippen molar-refractivity contribution in [1.82, 2.24) is 15.0 Å². The Hall–Kier alpha value is -6.45. The predicted octanol–water partition coefficient (Wildman–Crippen LogP) is 12.3. The molecule has 0 amide bonds. The van der Waals surface area contributed by atoms with Gasteiger partial charge in [-0.3, -0.25) is 0 Å². The Morgan fingerprint density at radius 1 is 0.353 bits per heavy atom. The summed E-state index contributed by atoms with van der Waals surface area (Å²) < 4.78 is 0. The maximum Gasteiger partial charge on any atom is 0.164 e. The van der Waals surface area contributed by atoms with E-state index >= 15 is 0 Å². The second kappa shape index (κ2) is 11.3. The summed E-state index contributed by atoms with van der Waals surface area (Å²) in [4.78, 5) is 15.0. The van der Waals surface area contributed by atoms with Crippen LogP contribution in [-0.2, 0) is 5.41 Å². The van der Waals surface area contributed by atoms with Gasteiger partial charge in [0.1, 0.15) is 0 Å². The zero-order valence-electron chi connectivity index (χ0n) is 28.4. The van der Waals surface area contributed by atoms with Crippen LogP contribution < -0.4 is 0 Å². The fraction of sp³-hybridized carbons (Fsp3) is 0.0625. The lowest BCUT2D eigenvalue weighted by Crippen LogP contribution is -2.16. The van der Waals surface area contributed by atoms with Crippen LogP contribution in [0.3, 0.4) is 0 Å². The first-order chi connectivity index (χ1) is 25.1. The topological polar surface area (TPSA) is 38.7 Å². The monoisotopic (exact) mass is 651 g/mol. The molecule has 0 bridgehead atoms. The number of benzene rings is 8. The molecule has 0 aliphatic heterocycles. The molecule has 1 aliphatic carbocycles. The first kappa shape index (κ1) is 29.5. The summed E-state index contributed by atoms with van der Waals surface area (Å²) in [5.74, 6) is 1.97. The third-order valence-corrected chi connectivity index (χ3v) is 10.7. The summed E-state index contributed by atoms with van der Waals surface area (Å²) in [5.41, 5.74) is 10.5. The van der Waals surface area contributed by atoms with Crippen molar-refractivity contribution in [2.45, 2.75) is 19.3 Å². The third-order valence-electron chi connectivity index (χ3n) is 10.7. The molecule has 0 spiro atoms. The van der Waals surface area contributed by atoms with E-state index in [0.717, 1.165) is 22.3 Å². The highest BCUT2D eigenvalue weighted by Gasteiger charge is 2.40. The number of nitrogens with zero attached hydrogens (tertiary/aromatic N) is 3. The molecule has 51 heavy (non-hydrogen) atoms. The molecule has 0 fully saturated rings. The Kier molecular flexibility index (Phi) is 6.53. The van der Waals surface area contributed by atoms with Gasteiger partial charge in [0.2, 0.25) is 0 Å². The average Bonchev–Trinajstić information content (AvgIpc) is 3.45. The smallest absolute Gasteiger partial charge is 0.164 e. The van der Waals surface area contributed by atoms with Crippen molar-refractivity contribution in [3.63, 3.8) is 0 Å². The SMILES string of the molecule is CC1(C)c2cc(-c3cccc(-c4nc(-c5ccccc5)nc(-c5ccccc5)n4)c3)c3ccccc3c2-c2c1c1ccccc1c1ccccc21. The van der Waals surface area contributed by atoms with Crippen LogP contribution in [0, 0.1) is 0 Å². The molecule has 0 unspecified atom stereocenters. The molecule has 3 nitrogen and oxygen atoms in total. The van der Waals surface area contributed by atoms with Gasteiger partial charge in [-0.1, -0.05) is 166 Å². The molecule has 1 aliphatic rings. The van der Waals surface area contributed by atoms with E-state index in [4.69, 9.17) is 15.0 Å². The van der Waals surface area contributed by atoms with Gasteiger partial charge in [-0.2, -0.15) is 0 Å². The van der Waals surface area contributed by atoms with Gasteiger partial charge in [-0.15, -0.1) is 0 Å². The molecule has 0 saturated heterocycles. The highest BCUT2D eigenvalue weighted by molar-refractivity contribution is 6.22. The Morgan fingerprint density at radius 3 is 1.39 bits per heavy atom. The summed E-state index contributed by atoms with van der Waals surface area (Å²) in [6, 6.07) is 58.2. The summed E-state index contributed by atoms with van der Waals surface area (Å²) in [6.45, 7) is 4.80. The molecular formula is C48H33N3. The van der Waals surface area contributed by atoms with E-state index in [0.29, 0.717) is 17.5 Å². The first-order valence-corrected chi connectivity index (χ1v) is 17.5. The highest BCUT2D eigenvalue weighted by atomic mass is 15.0. The zero-order chi connectivity index (χ0) is 34.1. The standard InChI is InChI=1S/C48H33N3/c1-48(2)41-29-40(36-24-10-12-25-37(36)42(41)43-38-26-13-9-22-34(38)35-23-11-14-27-39(35)44(43)48)32-20-15-21-33(28-32)47-50-45(30-16-5-3-6-17-30)49-46(51-47)31-18-7-4-8-19-31/h3-29H,1-2H3. The van der Waals surface area contributed by atoms with Crippen LogP contribution in [-0.4, -0.2) is 15.0 Å². The van der Waals surface area contributed by atoms with E-state index in [9.17, 15) is 0 Å². The maximum absolute atomic E-state index is 5.04. The number of hydrogen-bond acceptors (Lipinski definition) is 3. The fourth-order valence-corrected chi connectivity index (χ4v) is 8.32. The molecule has 0 N–H and O–H groups in total. The Bertz CT molecular complexity index is 2760. The number of fused-ring (bicyclic) bond motifs is 10. The lowest BCUT2D eigenvalue weighted by molar-refractivity contribution is 0.667. The van der Waals surface area contributed by atoms with Gasteiger partial charge in [0.05, 0.1) is 0 Å². The molecule has 0 saturated carbocycles. The average molecular weight is 652 g/mol. The van der Waals surface area contributed by atoms with Crippen molar-refractivity contribution in [1.29, 1.82) is 0 Å². The van der Waals surface area contributed by atoms with Crippen LogP contribution in [0.5, 0.6) is 0 Å². The molecule has 240 valence electrons. The van der Waals surface area contributed by atoms with Crippen molar-refractivity contribution in [3.8, 4) is 56.4 Å². The number of aromatic nitrogens is 3. The van der Waals surface area contributed by atoms with Crippen LogP contribution in [0.2, 0.25) is 0 Å². The minimum atomic E-state index is -0.214. The van der Waals surface area contributed by atoms with E-state index in [1.807, 2.05) is 60.7 Å². The van der Waals surface area contributed by atoms with E-state index in [2.05, 4.69) is 117 Å². The number of hydrogen-bond donors (Lipinski definition) is 0. The third kappa shape index (κ3) is 4.55. The molecule has 10 rings (SSSR count). The lowest BCUT2D eigenvalue weighted by atomic mass is 9.78. The fourth-order valence-electron chi connectivity index (χ4n) is 8.32. The van der Waals surface area contributed by atoms with Crippen molar-refractivity contribution in [2.75, 3.05) is 0 Å². The molecule has 1 aromatic heterocycles. The second-order valence-electron chi connectivity index (χ2n) is 14.0. The van der Waals surface area contributed by atoms with Gasteiger partial charge < -0.3 is 0 Å². The van der Waals surface area contributed by atoms with Gasteiger partial charge in [0.15, 0.2) is 17.5 Å². The molecule has 8 aromatic carbocycles. The van der Waals surface area contributed by atoms with Crippen LogP contribution in [0.4, 0.5) is 0 Å². The van der Waals surface area contributed by atoms with Crippen molar-refractivity contribution in [3.05, 3.63) is 175 Å². The van der Waals surface area contributed by atoms with Gasteiger partial charge in [0.25, 0.3) is 0 Å². The maximum atomic E-state index is 5.04. The minimum Gasteiger partial charge on any atom is -0.208 e. The van der Waals surface area contributed by atoms with Crippen molar-refractivity contribution in [2.24, 2.45) is 0 Å². The molecule has 0 radical (unpaired) electrons. The minimum absolute atomic E-state index is 0.214. The van der Waals surface area contributed by atoms with Crippen LogP contribution in [0.15, 0.2) is 164 Å². The molecule has 9 aromatic rings. The predicted molar refractivity (Wildman–Crippen MR) is 212 cm³/mol. The quantitative estimate of drug-likeness (QED) is 0.178. The second-order valence-corrected chi connectivity index (χ2v) is 14.0. The lowest BCUT2D eigenvalue weighted by Gasteiger charge is -2.25. The Balaban J connectivity index is 1.20. The van der Waals surface area contributed by atoms with Gasteiger partial charge >= 0.3 is 0 Å². The van der Waals surface area contributed by atoms with E-state index in [1.54, 1.807) is 0 Å². The largest absolute Gasteiger partial charge is 0.208 e. The summed E-state index contributed by atoms with van der Waals surface area (Å²) in [7, 11) is 0.